The first-order valence-electron chi connectivity index (χ1n) is 9.36. The summed E-state index contributed by atoms with van der Waals surface area (Å²) in [6.07, 6.45) is 0. The van der Waals surface area contributed by atoms with E-state index in [2.05, 4.69) is 5.10 Å². The average Bonchev–Trinajstić information content (AvgIpc) is 3.29. The summed E-state index contributed by atoms with van der Waals surface area (Å²) in [5, 5.41) is 5.30. The number of rotatable bonds is 5. The molecule has 4 rings (SSSR count). The molecule has 0 spiro atoms. The Morgan fingerprint density at radius 1 is 1.07 bits per heavy atom. The van der Waals surface area contributed by atoms with E-state index in [1.165, 1.54) is 23.5 Å². The number of ketones is 1. The molecular formula is C23H19FN2O3S. The topological polar surface area (TPSA) is 61.2 Å². The summed E-state index contributed by atoms with van der Waals surface area (Å²) in [6.45, 7) is 5.28. The Morgan fingerprint density at radius 2 is 1.80 bits per heavy atom. The number of aromatic nitrogens is 2. The smallest absolute Gasteiger partial charge is 0.348 e. The molecule has 0 saturated carbocycles. The predicted octanol–water partition coefficient (Wildman–Crippen LogP) is 5.19. The maximum atomic E-state index is 13.2. The molecule has 2 aromatic carbocycles. The summed E-state index contributed by atoms with van der Waals surface area (Å²) in [5.74, 6) is -1.12. The Labute approximate surface area is 176 Å². The molecule has 0 radical (unpaired) electrons. The Bertz CT molecular complexity index is 1270. The second-order valence-corrected chi connectivity index (χ2v) is 8.15. The molecule has 0 bridgehead atoms. The second kappa shape index (κ2) is 7.84. The van der Waals surface area contributed by atoms with E-state index in [9.17, 15) is 14.0 Å². The van der Waals surface area contributed by atoms with Crippen LogP contribution in [0.1, 0.15) is 36.9 Å². The lowest BCUT2D eigenvalue weighted by atomic mass is 10.0. The predicted molar refractivity (Wildman–Crippen MR) is 114 cm³/mol. The summed E-state index contributed by atoms with van der Waals surface area (Å²) in [7, 11) is 0. The first-order chi connectivity index (χ1) is 14.3. The quantitative estimate of drug-likeness (QED) is 0.328. The molecule has 2 heterocycles. The lowest BCUT2D eigenvalue weighted by Crippen LogP contribution is -2.14. The molecule has 30 heavy (non-hydrogen) atoms. The number of Topliss-reactive ketones (excluding diaryl/α,β-unsaturated/α-hetero) is 1. The van der Waals surface area contributed by atoms with E-state index < -0.39 is 5.97 Å². The molecule has 0 saturated heterocycles. The van der Waals surface area contributed by atoms with Crippen molar-refractivity contribution in [2.24, 2.45) is 0 Å². The Hall–Kier alpha value is -3.32. The van der Waals surface area contributed by atoms with Gasteiger partial charge in [-0.2, -0.15) is 5.10 Å². The zero-order chi connectivity index (χ0) is 21.4. The maximum absolute atomic E-state index is 13.2. The van der Waals surface area contributed by atoms with Gasteiger partial charge in [-0.15, -0.1) is 11.3 Å². The third-order valence-corrected chi connectivity index (χ3v) is 5.94. The number of carbonyl (C=O) groups is 2. The lowest BCUT2D eigenvalue weighted by molar-refractivity contribution is 0.0479. The summed E-state index contributed by atoms with van der Waals surface area (Å²) < 4.78 is 20.2. The highest BCUT2D eigenvalue weighted by Gasteiger charge is 2.19. The minimum absolute atomic E-state index is 0.237. The van der Waals surface area contributed by atoms with Gasteiger partial charge in [0.05, 0.1) is 11.4 Å². The van der Waals surface area contributed by atoms with Crippen molar-refractivity contribution in [3.8, 4) is 5.69 Å². The third kappa shape index (κ3) is 3.76. The zero-order valence-corrected chi connectivity index (χ0v) is 17.5. The molecule has 0 N–H and O–H groups in total. The molecule has 0 atom stereocenters. The molecule has 0 fully saturated rings. The van der Waals surface area contributed by atoms with Crippen molar-refractivity contribution in [3.63, 3.8) is 0 Å². The van der Waals surface area contributed by atoms with Crippen molar-refractivity contribution in [3.05, 3.63) is 81.6 Å². The summed E-state index contributed by atoms with van der Waals surface area (Å²) in [4.78, 5) is 26.2. The van der Waals surface area contributed by atoms with Gasteiger partial charge in [0.15, 0.2) is 6.61 Å². The lowest BCUT2D eigenvalue weighted by Gasteiger charge is -2.07. The normalized spacial score (nSPS) is 11.1. The second-order valence-electron chi connectivity index (χ2n) is 7.12. The Kier molecular flexibility index (Phi) is 5.22. The van der Waals surface area contributed by atoms with Gasteiger partial charge in [-0.25, -0.2) is 13.9 Å². The average molecular weight is 422 g/mol. The molecule has 7 heteroatoms. The Morgan fingerprint density at radius 3 is 2.53 bits per heavy atom. The molecule has 0 aliphatic heterocycles. The number of benzene rings is 2. The van der Waals surface area contributed by atoms with Crippen LogP contribution in [-0.2, 0) is 4.74 Å². The van der Waals surface area contributed by atoms with Gasteiger partial charge in [0.25, 0.3) is 0 Å². The fourth-order valence-corrected chi connectivity index (χ4v) is 4.30. The van der Waals surface area contributed by atoms with Crippen LogP contribution in [0.3, 0.4) is 0 Å². The van der Waals surface area contributed by atoms with Crippen molar-refractivity contribution in [1.82, 2.24) is 9.78 Å². The highest BCUT2D eigenvalue weighted by molar-refractivity contribution is 7.20. The number of ether oxygens (including phenoxy) is 1. The number of nitrogens with zero attached hydrogens (tertiary/aromatic N) is 2. The van der Waals surface area contributed by atoms with E-state index in [4.69, 9.17) is 4.74 Å². The number of carbonyl (C=O) groups excluding carboxylic acids is 2. The molecule has 152 valence electrons. The number of aryl methyl sites for hydroxylation is 3. The number of esters is 1. The molecule has 4 aromatic rings. The molecule has 0 amide bonds. The van der Waals surface area contributed by atoms with Crippen LogP contribution in [0.25, 0.3) is 15.9 Å². The molecule has 0 unspecified atom stereocenters. The number of hydrogen-bond donors (Lipinski definition) is 0. The zero-order valence-electron chi connectivity index (χ0n) is 16.7. The maximum Gasteiger partial charge on any atom is 0.348 e. The molecule has 0 aliphatic carbocycles. The number of thiophene rings is 1. The standard InChI is InChI=1S/C23H19FN2O3S/c1-13-4-5-14(2)18(10-13)20(27)12-29-23(28)21-11-19-15(3)25-26(22(19)30-21)17-8-6-16(24)7-9-17/h4-11H,12H2,1-3H3. The van der Waals surface area contributed by atoms with Gasteiger partial charge in [-0.3, -0.25) is 4.79 Å². The monoisotopic (exact) mass is 422 g/mol. The first-order valence-corrected chi connectivity index (χ1v) is 10.2. The fourth-order valence-electron chi connectivity index (χ4n) is 3.22. The number of halogens is 1. The van der Waals surface area contributed by atoms with Gasteiger partial charge in [-0.05, 0) is 62.7 Å². The van der Waals surface area contributed by atoms with Crippen molar-refractivity contribution in [1.29, 1.82) is 0 Å². The van der Waals surface area contributed by atoms with E-state index >= 15 is 0 Å². The van der Waals surface area contributed by atoms with E-state index in [-0.39, 0.29) is 18.2 Å². The molecule has 2 aromatic heterocycles. The molecular weight excluding hydrogens is 403 g/mol. The number of fused-ring (bicyclic) bond motifs is 1. The van der Waals surface area contributed by atoms with Gasteiger partial charge in [0.1, 0.15) is 15.5 Å². The van der Waals surface area contributed by atoms with Crippen LogP contribution in [0.15, 0.2) is 48.5 Å². The number of hydrogen-bond acceptors (Lipinski definition) is 5. The minimum Gasteiger partial charge on any atom is -0.453 e. The van der Waals surface area contributed by atoms with Crippen molar-refractivity contribution in [2.75, 3.05) is 6.61 Å². The van der Waals surface area contributed by atoms with E-state index in [0.717, 1.165) is 27.0 Å². The van der Waals surface area contributed by atoms with Crippen molar-refractivity contribution in [2.45, 2.75) is 20.8 Å². The van der Waals surface area contributed by atoms with Crippen LogP contribution in [0, 0.1) is 26.6 Å². The van der Waals surface area contributed by atoms with Crippen LogP contribution >= 0.6 is 11.3 Å². The van der Waals surface area contributed by atoms with Crippen LogP contribution in [-0.4, -0.2) is 28.1 Å². The van der Waals surface area contributed by atoms with Crippen molar-refractivity contribution < 1.29 is 18.7 Å². The highest BCUT2D eigenvalue weighted by Crippen LogP contribution is 2.31. The minimum atomic E-state index is -0.556. The molecule has 5 nitrogen and oxygen atoms in total. The van der Waals surface area contributed by atoms with Crippen LogP contribution < -0.4 is 0 Å². The van der Waals surface area contributed by atoms with Crippen LogP contribution in [0.4, 0.5) is 4.39 Å². The SMILES string of the molecule is Cc1ccc(C)c(C(=O)COC(=O)c2cc3c(C)nn(-c4ccc(F)cc4)c3s2)c1. The van der Waals surface area contributed by atoms with Gasteiger partial charge < -0.3 is 4.74 Å². The third-order valence-electron chi connectivity index (χ3n) is 4.84. The van der Waals surface area contributed by atoms with Gasteiger partial charge in [0.2, 0.25) is 5.78 Å². The fraction of sp³-hybridized carbons (Fsp3) is 0.174. The van der Waals surface area contributed by atoms with Gasteiger partial charge >= 0.3 is 5.97 Å². The van der Waals surface area contributed by atoms with Crippen LogP contribution in [0.5, 0.6) is 0 Å². The van der Waals surface area contributed by atoms with E-state index in [1.54, 1.807) is 28.9 Å². The van der Waals surface area contributed by atoms with Crippen molar-refractivity contribution >= 4 is 33.3 Å². The van der Waals surface area contributed by atoms with Gasteiger partial charge in [0, 0.05) is 10.9 Å². The Balaban J connectivity index is 1.55. The largest absolute Gasteiger partial charge is 0.453 e. The van der Waals surface area contributed by atoms with E-state index in [0.29, 0.717) is 16.1 Å². The summed E-state index contributed by atoms with van der Waals surface area (Å²) in [6, 6.07) is 13.3. The summed E-state index contributed by atoms with van der Waals surface area (Å²) >= 11 is 1.23. The molecule has 0 aliphatic rings. The first kappa shape index (κ1) is 20.0. The van der Waals surface area contributed by atoms with E-state index in [1.807, 2.05) is 32.9 Å². The van der Waals surface area contributed by atoms with Gasteiger partial charge in [-0.1, -0.05) is 17.7 Å². The highest BCUT2D eigenvalue weighted by atomic mass is 32.1. The summed E-state index contributed by atoms with van der Waals surface area (Å²) in [5.41, 5.74) is 3.82. The van der Waals surface area contributed by atoms with Crippen LogP contribution in [0.2, 0.25) is 0 Å².